The number of benzene rings is 2. The lowest BCUT2D eigenvalue weighted by atomic mass is 10.2. The summed E-state index contributed by atoms with van der Waals surface area (Å²) < 4.78 is 45.9. The number of halogens is 1. The highest BCUT2D eigenvalue weighted by molar-refractivity contribution is 7.92. The molecule has 0 aliphatic rings. The lowest BCUT2D eigenvalue weighted by molar-refractivity contribution is -0.128. The van der Waals surface area contributed by atoms with Gasteiger partial charge in [-0.15, -0.1) is 0 Å². The molecule has 150 valence electrons. The zero-order valence-corrected chi connectivity index (χ0v) is 16.5. The van der Waals surface area contributed by atoms with Crippen molar-refractivity contribution >= 4 is 27.6 Å². The number of amides is 1. The first-order chi connectivity index (χ1) is 13.2. The number of esters is 1. The Labute approximate surface area is 163 Å². The van der Waals surface area contributed by atoms with Crippen LogP contribution in [0.25, 0.3) is 0 Å². The van der Waals surface area contributed by atoms with Gasteiger partial charge in [-0.1, -0.05) is 6.07 Å². The van der Waals surface area contributed by atoms with Gasteiger partial charge in [0.05, 0.1) is 10.5 Å². The van der Waals surface area contributed by atoms with E-state index in [1.807, 2.05) is 0 Å². The topological polar surface area (TPSA) is 102 Å². The summed E-state index contributed by atoms with van der Waals surface area (Å²) in [7, 11) is -4.00. The number of ether oxygens (including phenoxy) is 1. The first-order valence-corrected chi connectivity index (χ1v) is 10.0. The van der Waals surface area contributed by atoms with Crippen LogP contribution in [0.2, 0.25) is 0 Å². The van der Waals surface area contributed by atoms with Gasteiger partial charge in [0, 0.05) is 17.8 Å². The fourth-order valence-corrected chi connectivity index (χ4v) is 3.68. The van der Waals surface area contributed by atoms with Crippen molar-refractivity contribution in [1.29, 1.82) is 0 Å². The van der Waals surface area contributed by atoms with Crippen LogP contribution in [0.5, 0.6) is 0 Å². The molecule has 0 heterocycles. The fraction of sp³-hybridized carbons (Fsp3) is 0.263. The van der Waals surface area contributed by atoms with Crippen LogP contribution in [0, 0.1) is 12.7 Å². The summed E-state index contributed by atoms with van der Waals surface area (Å²) in [5, 5.41) is 2.54. The van der Waals surface area contributed by atoms with Gasteiger partial charge in [0.2, 0.25) is 0 Å². The minimum Gasteiger partial charge on any atom is -0.449 e. The Bertz CT molecular complexity index is 974. The first kappa shape index (κ1) is 21.4. The number of rotatable bonds is 7. The molecular weight excluding hydrogens is 387 g/mol. The molecule has 28 heavy (non-hydrogen) atoms. The van der Waals surface area contributed by atoms with E-state index in [-0.39, 0.29) is 21.7 Å². The van der Waals surface area contributed by atoms with Crippen molar-refractivity contribution in [1.82, 2.24) is 5.32 Å². The number of anilines is 1. The maximum absolute atomic E-state index is 13.6. The quantitative estimate of drug-likeness (QED) is 0.686. The molecule has 0 aliphatic carbocycles. The number of sulfonamides is 1. The zero-order chi connectivity index (χ0) is 20.9. The Hall–Kier alpha value is -2.94. The zero-order valence-electron chi connectivity index (χ0n) is 15.7. The lowest BCUT2D eigenvalue weighted by Crippen LogP contribution is -2.35. The molecule has 2 aromatic rings. The van der Waals surface area contributed by atoms with E-state index in [1.165, 1.54) is 56.3 Å². The summed E-state index contributed by atoms with van der Waals surface area (Å²) in [4.78, 5) is 23.5. The first-order valence-electron chi connectivity index (χ1n) is 8.52. The average molecular weight is 408 g/mol. The molecule has 0 aliphatic heterocycles. The Morgan fingerprint density at radius 2 is 1.79 bits per heavy atom. The van der Waals surface area contributed by atoms with Crippen LogP contribution in [0.1, 0.15) is 29.8 Å². The number of hydrogen-bond acceptors (Lipinski definition) is 5. The molecule has 0 spiro atoms. The summed E-state index contributed by atoms with van der Waals surface area (Å²) in [6.07, 6.45) is -0.957. The Morgan fingerprint density at radius 3 is 2.39 bits per heavy atom. The molecule has 0 unspecified atom stereocenters. The highest BCUT2D eigenvalue weighted by Gasteiger charge is 2.20. The molecule has 7 nitrogen and oxygen atoms in total. The Morgan fingerprint density at radius 1 is 1.14 bits per heavy atom. The largest absolute Gasteiger partial charge is 0.449 e. The second-order valence-corrected chi connectivity index (χ2v) is 7.64. The van der Waals surface area contributed by atoms with Gasteiger partial charge in [-0.05, 0) is 57.2 Å². The molecule has 2 aromatic carbocycles. The Kier molecular flexibility index (Phi) is 6.74. The second-order valence-electron chi connectivity index (χ2n) is 5.99. The van der Waals surface area contributed by atoms with E-state index in [2.05, 4.69) is 10.0 Å². The van der Waals surface area contributed by atoms with Crippen molar-refractivity contribution in [2.75, 3.05) is 11.3 Å². The lowest BCUT2D eigenvalue weighted by Gasteiger charge is -2.13. The molecule has 0 saturated heterocycles. The molecule has 0 fully saturated rings. The molecular formula is C19H21FN2O5S. The predicted octanol–water partition coefficient (Wildman–Crippen LogP) is 2.62. The van der Waals surface area contributed by atoms with E-state index >= 15 is 0 Å². The minimum atomic E-state index is -4.00. The van der Waals surface area contributed by atoms with Gasteiger partial charge in [-0.3, -0.25) is 9.52 Å². The van der Waals surface area contributed by atoms with E-state index in [1.54, 1.807) is 6.92 Å². The van der Waals surface area contributed by atoms with Gasteiger partial charge in [0.25, 0.3) is 15.9 Å². The molecule has 0 saturated carbocycles. The monoisotopic (exact) mass is 408 g/mol. The van der Waals surface area contributed by atoms with E-state index in [0.29, 0.717) is 6.54 Å². The summed E-state index contributed by atoms with van der Waals surface area (Å²) in [5.41, 5.74) is 0.354. The number of likely N-dealkylation sites (N-methyl/N-ethyl adjacent to an activating group) is 1. The van der Waals surface area contributed by atoms with Crippen molar-refractivity contribution < 1.29 is 27.1 Å². The number of hydrogen-bond donors (Lipinski definition) is 2. The summed E-state index contributed by atoms with van der Waals surface area (Å²) in [5.74, 6) is -1.75. The molecule has 9 heteroatoms. The second kappa shape index (κ2) is 8.83. The van der Waals surface area contributed by atoms with Gasteiger partial charge < -0.3 is 10.1 Å². The minimum absolute atomic E-state index is 0.00883. The van der Waals surface area contributed by atoms with Crippen molar-refractivity contribution in [2.24, 2.45) is 0 Å². The van der Waals surface area contributed by atoms with E-state index < -0.39 is 33.8 Å². The van der Waals surface area contributed by atoms with Gasteiger partial charge >= 0.3 is 5.97 Å². The van der Waals surface area contributed by atoms with Crippen LogP contribution in [0.15, 0.2) is 47.4 Å². The summed E-state index contributed by atoms with van der Waals surface area (Å²) in [6, 6.07) is 9.27. The van der Waals surface area contributed by atoms with Crippen LogP contribution in [-0.4, -0.2) is 32.9 Å². The van der Waals surface area contributed by atoms with Crippen molar-refractivity contribution in [3.63, 3.8) is 0 Å². The predicted molar refractivity (Wildman–Crippen MR) is 102 cm³/mol. The van der Waals surface area contributed by atoms with Crippen LogP contribution in [0.3, 0.4) is 0 Å². The Balaban J connectivity index is 2.11. The van der Waals surface area contributed by atoms with E-state index in [0.717, 1.165) is 0 Å². The molecule has 0 aromatic heterocycles. The fourth-order valence-electron chi connectivity index (χ4n) is 2.36. The maximum atomic E-state index is 13.6. The van der Waals surface area contributed by atoms with Crippen LogP contribution in [0.4, 0.5) is 10.1 Å². The van der Waals surface area contributed by atoms with Gasteiger partial charge in [0.1, 0.15) is 5.82 Å². The SMILES string of the molecule is CCNC(=O)[C@H](C)OC(=O)c1ccc(NS(=O)(=O)c2cccc(F)c2C)cc1. The van der Waals surface area contributed by atoms with Crippen LogP contribution < -0.4 is 10.0 Å². The van der Waals surface area contributed by atoms with Crippen LogP contribution >= 0.6 is 0 Å². The van der Waals surface area contributed by atoms with E-state index in [9.17, 15) is 22.4 Å². The number of carbonyl (C=O) groups is 2. The van der Waals surface area contributed by atoms with Gasteiger partial charge in [0.15, 0.2) is 6.10 Å². The normalized spacial score (nSPS) is 12.1. The van der Waals surface area contributed by atoms with Gasteiger partial charge in [-0.2, -0.15) is 0 Å². The number of carbonyl (C=O) groups excluding carboxylic acids is 2. The molecule has 2 rings (SSSR count). The molecule has 0 bridgehead atoms. The van der Waals surface area contributed by atoms with E-state index in [4.69, 9.17) is 4.74 Å². The highest BCUT2D eigenvalue weighted by Crippen LogP contribution is 2.21. The molecule has 1 amide bonds. The molecule has 1 atom stereocenters. The average Bonchev–Trinajstić information content (AvgIpc) is 2.64. The van der Waals surface area contributed by atoms with Crippen molar-refractivity contribution in [3.05, 3.63) is 59.4 Å². The maximum Gasteiger partial charge on any atom is 0.338 e. The van der Waals surface area contributed by atoms with Gasteiger partial charge in [-0.25, -0.2) is 17.6 Å². The molecule has 2 N–H and O–H groups in total. The third kappa shape index (κ3) is 5.07. The van der Waals surface area contributed by atoms with Crippen molar-refractivity contribution in [3.8, 4) is 0 Å². The summed E-state index contributed by atoms with van der Waals surface area (Å²) >= 11 is 0. The highest BCUT2D eigenvalue weighted by atomic mass is 32.2. The summed E-state index contributed by atoms with van der Waals surface area (Å²) in [6.45, 7) is 4.99. The third-order valence-corrected chi connectivity index (χ3v) is 5.41. The third-order valence-electron chi connectivity index (χ3n) is 3.88. The smallest absolute Gasteiger partial charge is 0.338 e. The van der Waals surface area contributed by atoms with Crippen LogP contribution in [-0.2, 0) is 19.6 Å². The van der Waals surface area contributed by atoms with Crippen molar-refractivity contribution in [2.45, 2.75) is 31.8 Å². The number of nitrogens with one attached hydrogen (secondary N) is 2. The molecule has 0 radical (unpaired) electrons. The standard InChI is InChI=1S/C19H21FN2O5S/c1-4-21-18(23)13(3)27-19(24)14-8-10-15(11-9-14)22-28(25,26)17-7-5-6-16(20)12(17)2/h5-11,13,22H,4H2,1-3H3,(H,21,23)/t13-/m0/s1.